The number of allylic oxidation sites excluding steroid dienone is 1. The van der Waals surface area contributed by atoms with Crippen LogP contribution in [0.25, 0.3) is 0 Å². The second-order valence-electron chi connectivity index (χ2n) is 7.79. The van der Waals surface area contributed by atoms with Crippen molar-refractivity contribution >= 4 is 5.84 Å². The molecule has 0 bridgehead atoms. The molecule has 0 amide bonds. The van der Waals surface area contributed by atoms with E-state index in [9.17, 15) is 0 Å². The van der Waals surface area contributed by atoms with Crippen LogP contribution in [0.1, 0.15) is 48.0 Å². The first-order chi connectivity index (χ1) is 13.1. The third-order valence-corrected chi connectivity index (χ3v) is 6.06. The Morgan fingerprint density at radius 1 is 0.926 bits per heavy atom. The van der Waals surface area contributed by atoms with Crippen LogP contribution in [0.5, 0.6) is 0 Å². The predicted octanol–water partition coefficient (Wildman–Crippen LogP) is 3.89. The molecule has 2 heterocycles. The zero-order valence-electron chi connectivity index (χ0n) is 15.3. The average Bonchev–Trinajstić information content (AvgIpc) is 3.05. The van der Waals surface area contributed by atoms with E-state index in [0.717, 1.165) is 24.4 Å². The van der Waals surface area contributed by atoms with E-state index >= 15 is 0 Å². The van der Waals surface area contributed by atoms with Crippen molar-refractivity contribution in [3.05, 3.63) is 95.3 Å². The van der Waals surface area contributed by atoms with Crippen molar-refractivity contribution in [2.75, 3.05) is 0 Å². The van der Waals surface area contributed by atoms with E-state index < -0.39 is 0 Å². The molecule has 0 spiro atoms. The van der Waals surface area contributed by atoms with Crippen molar-refractivity contribution < 1.29 is 0 Å². The minimum absolute atomic E-state index is 0.0263. The predicted molar refractivity (Wildman–Crippen MR) is 109 cm³/mol. The van der Waals surface area contributed by atoms with Gasteiger partial charge >= 0.3 is 0 Å². The fourth-order valence-electron chi connectivity index (χ4n) is 4.33. The SMILES string of the molecule is NC1=CN2C(=NC(c3ccc(C4(N)CCC4)cc3)C2c2ccccc2)C=C1. The zero-order chi connectivity index (χ0) is 18.4. The van der Waals surface area contributed by atoms with Crippen molar-refractivity contribution in [3.8, 4) is 0 Å². The van der Waals surface area contributed by atoms with Crippen LogP contribution in [0.3, 0.4) is 0 Å². The number of hydrogen-bond acceptors (Lipinski definition) is 4. The Hall–Kier alpha value is -2.85. The van der Waals surface area contributed by atoms with E-state index in [1.807, 2.05) is 24.4 Å². The van der Waals surface area contributed by atoms with Crippen molar-refractivity contribution in [2.45, 2.75) is 36.9 Å². The Labute approximate surface area is 159 Å². The molecule has 136 valence electrons. The van der Waals surface area contributed by atoms with Gasteiger partial charge in [-0.1, -0.05) is 54.6 Å². The fraction of sp³-hybridized carbons (Fsp3) is 0.261. The highest BCUT2D eigenvalue weighted by molar-refractivity contribution is 5.97. The van der Waals surface area contributed by atoms with E-state index in [4.69, 9.17) is 16.5 Å². The fourth-order valence-corrected chi connectivity index (χ4v) is 4.33. The van der Waals surface area contributed by atoms with Crippen LogP contribution in [0.15, 0.2) is 83.6 Å². The second-order valence-corrected chi connectivity index (χ2v) is 7.79. The summed E-state index contributed by atoms with van der Waals surface area (Å²) in [6.45, 7) is 0. The third kappa shape index (κ3) is 2.68. The van der Waals surface area contributed by atoms with Crippen molar-refractivity contribution in [1.29, 1.82) is 0 Å². The number of rotatable bonds is 3. The summed E-state index contributed by atoms with van der Waals surface area (Å²) in [4.78, 5) is 7.22. The van der Waals surface area contributed by atoms with Gasteiger partial charge < -0.3 is 16.4 Å². The molecular formula is C23H24N4. The third-order valence-electron chi connectivity index (χ3n) is 6.06. The number of hydrogen-bond donors (Lipinski definition) is 2. The quantitative estimate of drug-likeness (QED) is 0.877. The Morgan fingerprint density at radius 3 is 2.33 bits per heavy atom. The summed E-state index contributed by atoms with van der Waals surface area (Å²) >= 11 is 0. The largest absolute Gasteiger partial charge is 0.398 e. The minimum Gasteiger partial charge on any atom is -0.398 e. The number of nitrogens with zero attached hydrogens (tertiary/aromatic N) is 2. The molecule has 3 aliphatic rings. The first kappa shape index (κ1) is 16.3. The molecule has 2 unspecified atom stereocenters. The number of benzene rings is 2. The topological polar surface area (TPSA) is 67.6 Å². The number of aliphatic imine (C=N–C) groups is 1. The molecule has 2 aromatic rings. The highest BCUT2D eigenvalue weighted by Gasteiger charge is 2.38. The van der Waals surface area contributed by atoms with E-state index in [2.05, 4.69) is 53.4 Å². The molecular weight excluding hydrogens is 332 g/mol. The molecule has 0 radical (unpaired) electrons. The average molecular weight is 356 g/mol. The molecule has 4 nitrogen and oxygen atoms in total. The van der Waals surface area contributed by atoms with Crippen LogP contribution in [0, 0.1) is 0 Å². The lowest BCUT2D eigenvalue weighted by Gasteiger charge is -2.38. The van der Waals surface area contributed by atoms with E-state index in [1.54, 1.807) is 0 Å². The van der Waals surface area contributed by atoms with Gasteiger partial charge in [0.15, 0.2) is 0 Å². The van der Waals surface area contributed by atoms with Crippen LogP contribution < -0.4 is 11.5 Å². The summed E-state index contributed by atoms with van der Waals surface area (Å²) in [5.74, 6) is 0.960. The lowest BCUT2D eigenvalue weighted by atomic mass is 9.72. The van der Waals surface area contributed by atoms with Crippen molar-refractivity contribution in [1.82, 2.24) is 4.90 Å². The van der Waals surface area contributed by atoms with Gasteiger partial charge in [-0.3, -0.25) is 4.99 Å². The van der Waals surface area contributed by atoms with Crippen molar-refractivity contribution in [3.63, 3.8) is 0 Å². The first-order valence-electron chi connectivity index (χ1n) is 9.60. The summed E-state index contributed by atoms with van der Waals surface area (Å²) in [5.41, 5.74) is 16.9. The van der Waals surface area contributed by atoms with Gasteiger partial charge in [0.2, 0.25) is 0 Å². The summed E-state index contributed by atoms with van der Waals surface area (Å²) in [6.07, 6.45) is 9.29. The van der Waals surface area contributed by atoms with Gasteiger partial charge in [0.25, 0.3) is 0 Å². The summed E-state index contributed by atoms with van der Waals surface area (Å²) in [7, 11) is 0. The van der Waals surface area contributed by atoms with Gasteiger partial charge in [-0.15, -0.1) is 0 Å². The van der Waals surface area contributed by atoms with Gasteiger partial charge in [0.1, 0.15) is 11.9 Å². The normalized spacial score (nSPS) is 25.4. The van der Waals surface area contributed by atoms with Gasteiger partial charge in [-0.05, 0) is 48.1 Å². The molecule has 2 aliphatic heterocycles. The van der Waals surface area contributed by atoms with Crippen LogP contribution >= 0.6 is 0 Å². The molecule has 0 aromatic heterocycles. The van der Waals surface area contributed by atoms with Crippen LogP contribution in [-0.2, 0) is 5.54 Å². The number of amidine groups is 1. The van der Waals surface area contributed by atoms with Gasteiger partial charge in [0.05, 0.1) is 6.04 Å². The molecule has 0 saturated heterocycles. The van der Waals surface area contributed by atoms with E-state index in [-0.39, 0.29) is 17.6 Å². The summed E-state index contributed by atoms with van der Waals surface area (Å²) in [5, 5.41) is 0. The van der Waals surface area contributed by atoms with Gasteiger partial charge in [-0.2, -0.15) is 0 Å². The van der Waals surface area contributed by atoms with Gasteiger partial charge in [-0.25, -0.2) is 0 Å². The standard InChI is InChI=1S/C23H24N4/c24-19-11-12-20-26-21(22(27(20)15-19)17-5-2-1-3-6-17)16-7-9-18(10-8-16)23(25)13-4-14-23/h1-3,5-12,15,21-22H,4,13-14,24-25H2. The van der Waals surface area contributed by atoms with E-state index in [0.29, 0.717) is 0 Å². The number of fused-ring (bicyclic) bond motifs is 1. The number of nitrogens with two attached hydrogens (primary N) is 2. The molecule has 5 rings (SSSR count). The summed E-state index contributed by atoms with van der Waals surface area (Å²) < 4.78 is 0. The monoisotopic (exact) mass is 356 g/mol. The Kier molecular flexibility index (Phi) is 3.69. The molecule has 4 N–H and O–H groups in total. The van der Waals surface area contributed by atoms with Gasteiger partial charge in [0, 0.05) is 17.4 Å². The molecule has 27 heavy (non-hydrogen) atoms. The Bertz CT molecular complexity index is 936. The lowest BCUT2D eigenvalue weighted by Crippen LogP contribution is -2.43. The lowest BCUT2D eigenvalue weighted by molar-refractivity contribution is 0.253. The zero-order valence-corrected chi connectivity index (χ0v) is 15.3. The molecule has 1 fully saturated rings. The maximum Gasteiger partial charge on any atom is 0.129 e. The molecule has 2 atom stereocenters. The first-order valence-corrected chi connectivity index (χ1v) is 9.60. The Morgan fingerprint density at radius 2 is 1.67 bits per heavy atom. The van der Waals surface area contributed by atoms with E-state index in [1.165, 1.54) is 23.1 Å². The maximum absolute atomic E-state index is 6.49. The van der Waals surface area contributed by atoms with Crippen LogP contribution in [-0.4, -0.2) is 10.7 Å². The molecule has 4 heteroatoms. The second kappa shape index (κ2) is 6.10. The molecule has 1 aliphatic carbocycles. The highest BCUT2D eigenvalue weighted by Crippen LogP contribution is 2.44. The minimum atomic E-state index is -0.129. The molecule has 2 aromatic carbocycles. The van der Waals surface area contributed by atoms with Crippen LogP contribution in [0.4, 0.5) is 0 Å². The van der Waals surface area contributed by atoms with Crippen LogP contribution in [0.2, 0.25) is 0 Å². The van der Waals surface area contributed by atoms with Crippen molar-refractivity contribution in [2.24, 2.45) is 16.5 Å². The Balaban J connectivity index is 1.53. The smallest absolute Gasteiger partial charge is 0.129 e. The highest BCUT2D eigenvalue weighted by atomic mass is 15.3. The molecule has 1 saturated carbocycles. The maximum atomic E-state index is 6.49. The summed E-state index contributed by atoms with van der Waals surface area (Å²) in [6, 6.07) is 19.4.